The highest BCUT2D eigenvalue weighted by Crippen LogP contribution is 2.34. The van der Waals surface area contributed by atoms with E-state index in [1.165, 1.54) is 25.6 Å². The number of nitrogens with zero attached hydrogens (tertiary/aromatic N) is 4. The van der Waals surface area contributed by atoms with E-state index in [0.29, 0.717) is 18.7 Å². The number of morpholine rings is 1. The Morgan fingerprint density at radius 1 is 1.11 bits per heavy atom. The molecule has 1 N–H and O–H groups in total. The number of carbonyl (C=O) groups is 1. The topological polar surface area (TPSA) is 72.3 Å². The first-order valence-corrected chi connectivity index (χ1v) is 10.3. The van der Waals surface area contributed by atoms with Gasteiger partial charge in [-0.1, -0.05) is 31.4 Å². The number of amides is 1. The Balaban J connectivity index is 1.37. The van der Waals surface area contributed by atoms with E-state index >= 15 is 0 Å². The molecule has 0 atom stereocenters. The minimum atomic E-state index is 0.00511. The molecule has 0 unspecified atom stereocenters. The van der Waals surface area contributed by atoms with E-state index < -0.39 is 0 Å². The van der Waals surface area contributed by atoms with Crippen LogP contribution in [0, 0.1) is 0 Å². The molecule has 1 aromatic heterocycles. The molecule has 2 aliphatic rings. The maximum Gasteiger partial charge on any atom is 0.251 e. The van der Waals surface area contributed by atoms with E-state index in [1.54, 1.807) is 11.0 Å². The van der Waals surface area contributed by atoms with Gasteiger partial charge in [-0.15, -0.1) is 0 Å². The molecule has 1 aliphatic heterocycles. The average Bonchev–Trinajstić information content (AvgIpc) is 3.27. The monoisotopic (exact) mass is 383 g/mol. The maximum atomic E-state index is 12.8. The predicted molar refractivity (Wildman–Crippen MR) is 106 cm³/mol. The summed E-state index contributed by atoms with van der Waals surface area (Å²) in [4.78, 5) is 19.3. The molecular formula is C21H29N5O2. The van der Waals surface area contributed by atoms with Crippen LogP contribution in [0.3, 0.4) is 0 Å². The number of rotatable bonds is 6. The number of hydrogen-bond acceptors (Lipinski definition) is 5. The molecule has 2 aromatic rings. The van der Waals surface area contributed by atoms with E-state index in [0.717, 1.165) is 44.7 Å². The van der Waals surface area contributed by atoms with Gasteiger partial charge < -0.3 is 10.1 Å². The van der Waals surface area contributed by atoms with Crippen molar-refractivity contribution in [3.8, 4) is 0 Å². The summed E-state index contributed by atoms with van der Waals surface area (Å²) in [5, 5.41) is 7.34. The van der Waals surface area contributed by atoms with Crippen molar-refractivity contribution in [2.45, 2.75) is 44.2 Å². The van der Waals surface area contributed by atoms with Crippen molar-refractivity contribution in [1.82, 2.24) is 25.0 Å². The van der Waals surface area contributed by atoms with Gasteiger partial charge in [0.1, 0.15) is 12.7 Å². The van der Waals surface area contributed by atoms with Crippen LogP contribution < -0.4 is 5.32 Å². The van der Waals surface area contributed by atoms with Gasteiger partial charge in [-0.05, 0) is 30.5 Å². The Bertz CT molecular complexity index is 748. The van der Waals surface area contributed by atoms with Crippen LogP contribution in [-0.4, -0.2) is 64.0 Å². The lowest BCUT2D eigenvalue weighted by Gasteiger charge is -2.48. The second kappa shape index (κ2) is 8.84. The minimum Gasteiger partial charge on any atom is -0.379 e. The SMILES string of the molecule is O=C(NCC1(N2CCOCC2)CCCCC1)c1ccc(Cn2cncn2)cc1. The fraction of sp³-hybridized carbons (Fsp3) is 0.571. The fourth-order valence-electron chi connectivity index (χ4n) is 4.46. The zero-order valence-electron chi connectivity index (χ0n) is 16.3. The van der Waals surface area contributed by atoms with Crippen molar-refractivity contribution in [3.63, 3.8) is 0 Å². The highest BCUT2D eigenvalue weighted by molar-refractivity contribution is 5.94. The first kappa shape index (κ1) is 19.1. The lowest BCUT2D eigenvalue weighted by atomic mass is 9.79. The molecule has 7 nitrogen and oxygen atoms in total. The molecule has 1 aromatic carbocycles. The molecule has 1 saturated heterocycles. The summed E-state index contributed by atoms with van der Waals surface area (Å²) in [7, 11) is 0. The molecule has 28 heavy (non-hydrogen) atoms. The molecule has 0 radical (unpaired) electrons. The third-order valence-corrected chi connectivity index (χ3v) is 6.07. The number of nitrogens with one attached hydrogen (secondary N) is 1. The Morgan fingerprint density at radius 3 is 2.54 bits per heavy atom. The smallest absolute Gasteiger partial charge is 0.251 e. The van der Waals surface area contributed by atoms with Gasteiger partial charge in [0.2, 0.25) is 0 Å². The van der Waals surface area contributed by atoms with Crippen LogP contribution in [0.2, 0.25) is 0 Å². The van der Waals surface area contributed by atoms with Crippen molar-refractivity contribution in [2.24, 2.45) is 0 Å². The summed E-state index contributed by atoms with van der Waals surface area (Å²) in [6.07, 6.45) is 9.31. The van der Waals surface area contributed by atoms with E-state index in [9.17, 15) is 4.79 Å². The van der Waals surface area contributed by atoms with Gasteiger partial charge in [0.05, 0.1) is 19.8 Å². The van der Waals surface area contributed by atoms with Crippen LogP contribution in [0.25, 0.3) is 0 Å². The molecule has 2 fully saturated rings. The van der Waals surface area contributed by atoms with E-state index in [4.69, 9.17) is 4.74 Å². The molecular weight excluding hydrogens is 354 g/mol. The third kappa shape index (κ3) is 4.42. The summed E-state index contributed by atoms with van der Waals surface area (Å²) in [5.41, 5.74) is 1.89. The molecule has 1 amide bonds. The van der Waals surface area contributed by atoms with Crippen molar-refractivity contribution in [1.29, 1.82) is 0 Å². The fourth-order valence-corrected chi connectivity index (χ4v) is 4.46. The molecule has 7 heteroatoms. The van der Waals surface area contributed by atoms with Crippen LogP contribution in [0.15, 0.2) is 36.9 Å². The van der Waals surface area contributed by atoms with Crippen molar-refractivity contribution in [2.75, 3.05) is 32.8 Å². The quantitative estimate of drug-likeness (QED) is 0.827. The second-order valence-corrected chi connectivity index (χ2v) is 7.86. The van der Waals surface area contributed by atoms with Crippen LogP contribution in [0.4, 0.5) is 0 Å². The number of aromatic nitrogens is 3. The molecule has 0 bridgehead atoms. The van der Waals surface area contributed by atoms with Crippen LogP contribution in [0.5, 0.6) is 0 Å². The Kier molecular flexibility index (Phi) is 6.02. The van der Waals surface area contributed by atoms with Crippen LogP contribution >= 0.6 is 0 Å². The summed E-state index contributed by atoms with van der Waals surface area (Å²) >= 11 is 0. The summed E-state index contributed by atoms with van der Waals surface area (Å²) < 4.78 is 7.31. The number of hydrogen-bond donors (Lipinski definition) is 1. The molecule has 0 spiro atoms. The van der Waals surface area contributed by atoms with E-state index in [2.05, 4.69) is 20.3 Å². The number of ether oxygens (including phenoxy) is 1. The third-order valence-electron chi connectivity index (χ3n) is 6.07. The second-order valence-electron chi connectivity index (χ2n) is 7.86. The molecule has 4 rings (SSSR count). The van der Waals surface area contributed by atoms with E-state index in [1.807, 2.05) is 24.3 Å². The maximum absolute atomic E-state index is 12.8. The van der Waals surface area contributed by atoms with Gasteiger partial charge in [-0.25, -0.2) is 9.67 Å². The van der Waals surface area contributed by atoms with Gasteiger partial charge in [0, 0.05) is 30.7 Å². The predicted octanol–water partition coefficient (Wildman–Crippen LogP) is 2.09. The summed E-state index contributed by atoms with van der Waals surface area (Å²) in [6, 6.07) is 7.75. The molecule has 2 heterocycles. The molecule has 1 saturated carbocycles. The zero-order chi connectivity index (χ0) is 19.2. The normalized spacial score (nSPS) is 20.0. The first-order chi connectivity index (χ1) is 13.8. The van der Waals surface area contributed by atoms with Crippen LogP contribution in [0.1, 0.15) is 48.0 Å². The summed E-state index contributed by atoms with van der Waals surface area (Å²) in [5.74, 6) is 0.00511. The van der Waals surface area contributed by atoms with Crippen molar-refractivity contribution in [3.05, 3.63) is 48.0 Å². The van der Waals surface area contributed by atoms with Gasteiger partial charge in [-0.2, -0.15) is 5.10 Å². The lowest BCUT2D eigenvalue weighted by Crippen LogP contribution is -2.59. The Morgan fingerprint density at radius 2 is 1.86 bits per heavy atom. The zero-order valence-corrected chi connectivity index (χ0v) is 16.3. The van der Waals surface area contributed by atoms with E-state index in [-0.39, 0.29) is 11.4 Å². The standard InChI is InChI=1S/C21H29N5O2/c27-20(19-6-4-18(5-7-19)14-26-17-22-16-24-26)23-15-21(8-2-1-3-9-21)25-10-12-28-13-11-25/h4-7,16-17H,1-3,8-15H2,(H,23,27). The highest BCUT2D eigenvalue weighted by atomic mass is 16.5. The lowest BCUT2D eigenvalue weighted by molar-refractivity contribution is -0.0361. The van der Waals surface area contributed by atoms with Gasteiger partial charge >= 0.3 is 0 Å². The largest absolute Gasteiger partial charge is 0.379 e. The first-order valence-electron chi connectivity index (χ1n) is 10.3. The minimum absolute atomic E-state index is 0.00511. The van der Waals surface area contributed by atoms with Crippen LogP contribution in [-0.2, 0) is 11.3 Å². The average molecular weight is 383 g/mol. The Labute approximate surface area is 166 Å². The Hall–Kier alpha value is -2.25. The highest BCUT2D eigenvalue weighted by Gasteiger charge is 2.38. The van der Waals surface area contributed by atoms with Gasteiger partial charge in [0.15, 0.2) is 0 Å². The molecule has 1 aliphatic carbocycles. The summed E-state index contributed by atoms with van der Waals surface area (Å²) in [6.45, 7) is 4.89. The van der Waals surface area contributed by atoms with Crippen molar-refractivity contribution < 1.29 is 9.53 Å². The number of benzene rings is 1. The van der Waals surface area contributed by atoms with Crippen molar-refractivity contribution >= 4 is 5.91 Å². The van der Waals surface area contributed by atoms with Gasteiger partial charge in [-0.3, -0.25) is 9.69 Å². The number of carbonyl (C=O) groups excluding carboxylic acids is 1. The molecule has 150 valence electrons. The van der Waals surface area contributed by atoms with Gasteiger partial charge in [0.25, 0.3) is 5.91 Å².